The normalized spacial score (nSPS) is 10.3. The standard InChI is InChI=1S/C17H16ClN5O2/c1-25-16-6-5-13(10-15(16)18)21-17(24)11-19-12-3-2-4-14(9-12)23-8-7-20-22-23/h2-10,19H,11H2,1H3,(H,21,24). The molecule has 1 aromatic heterocycles. The van der Waals surface area contributed by atoms with Crippen LogP contribution in [0.15, 0.2) is 54.9 Å². The highest BCUT2D eigenvalue weighted by atomic mass is 35.5. The number of amides is 1. The van der Waals surface area contributed by atoms with Gasteiger partial charge >= 0.3 is 0 Å². The smallest absolute Gasteiger partial charge is 0.243 e. The molecule has 0 bridgehead atoms. The molecule has 2 aromatic carbocycles. The van der Waals surface area contributed by atoms with E-state index in [-0.39, 0.29) is 12.5 Å². The molecule has 0 radical (unpaired) electrons. The van der Waals surface area contributed by atoms with Gasteiger partial charge in [-0.25, -0.2) is 4.68 Å². The molecule has 0 atom stereocenters. The number of nitrogens with one attached hydrogen (secondary N) is 2. The number of hydrogen-bond acceptors (Lipinski definition) is 5. The Morgan fingerprint density at radius 3 is 2.84 bits per heavy atom. The van der Waals surface area contributed by atoms with Crippen molar-refractivity contribution in [3.05, 3.63) is 59.9 Å². The Labute approximate surface area is 149 Å². The Morgan fingerprint density at radius 1 is 1.24 bits per heavy atom. The maximum atomic E-state index is 12.1. The molecule has 0 aliphatic rings. The van der Waals surface area contributed by atoms with Crippen LogP contribution < -0.4 is 15.4 Å². The minimum absolute atomic E-state index is 0.116. The number of carbonyl (C=O) groups is 1. The van der Waals surface area contributed by atoms with Crippen LogP contribution in [-0.4, -0.2) is 34.6 Å². The maximum absolute atomic E-state index is 12.1. The summed E-state index contributed by atoms with van der Waals surface area (Å²) in [6.07, 6.45) is 3.35. The molecular weight excluding hydrogens is 342 g/mol. The third-order valence-electron chi connectivity index (χ3n) is 3.42. The zero-order valence-electron chi connectivity index (χ0n) is 13.4. The van der Waals surface area contributed by atoms with E-state index < -0.39 is 0 Å². The van der Waals surface area contributed by atoms with Gasteiger partial charge in [-0.05, 0) is 36.4 Å². The fourth-order valence-electron chi connectivity index (χ4n) is 2.24. The lowest BCUT2D eigenvalue weighted by Gasteiger charge is -2.10. The quantitative estimate of drug-likeness (QED) is 0.708. The second-order valence-corrected chi connectivity index (χ2v) is 5.56. The van der Waals surface area contributed by atoms with Crippen molar-refractivity contribution in [2.24, 2.45) is 0 Å². The number of ether oxygens (including phenoxy) is 1. The molecule has 7 nitrogen and oxygen atoms in total. The lowest BCUT2D eigenvalue weighted by Crippen LogP contribution is -2.21. The van der Waals surface area contributed by atoms with Gasteiger partial charge in [0.05, 0.1) is 36.8 Å². The van der Waals surface area contributed by atoms with Crippen LogP contribution in [-0.2, 0) is 4.79 Å². The summed E-state index contributed by atoms with van der Waals surface area (Å²) in [5.74, 6) is 0.370. The maximum Gasteiger partial charge on any atom is 0.243 e. The molecule has 0 aliphatic heterocycles. The summed E-state index contributed by atoms with van der Waals surface area (Å²) in [6.45, 7) is 0.116. The molecule has 1 amide bonds. The first kappa shape index (κ1) is 16.8. The van der Waals surface area contributed by atoms with Crippen molar-refractivity contribution in [2.45, 2.75) is 0 Å². The van der Waals surface area contributed by atoms with Crippen molar-refractivity contribution in [3.8, 4) is 11.4 Å². The van der Waals surface area contributed by atoms with Crippen LogP contribution in [0.1, 0.15) is 0 Å². The molecule has 0 saturated carbocycles. The summed E-state index contributed by atoms with van der Waals surface area (Å²) in [4.78, 5) is 12.1. The predicted octanol–water partition coefficient (Wildman–Crippen LogP) is 2.98. The molecule has 0 unspecified atom stereocenters. The Hall–Kier alpha value is -3.06. The summed E-state index contributed by atoms with van der Waals surface area (Å²) in [7, 11) is 1.54. The number of benzene rings is 2. The van der Waals surface area contributed by atoms with E-state index in [4.69, 9.17) is 16.3 Å². The van der Waals surface area contributed by atoms with Crippen LogP contribution in [0.5, 0.6) is 5.75 Å². The molecule has 0 fully saturated rings. The van der Waals surface area contributed by atoms with Crippen LogP contribution in [0.3, 0.4) is 0 Å². The Bertz CT molecular complexity index is 867. The molecule has 3 rings (SSSR count). The molecule has 128 valence electrons. The van der Waals surface area contributed by atoms with Gasteiger partial charge in [0.15, 0.2) is 0 Å². The first-order chi connectivity index (χ1) is 12.2. The summed E-state index contributed by atoms with van der Waals surface area (Å²) in [6, 6.07) is 12.6. The van der Waals surface area contributed by atoms with E-state index in [2.05, 4.69) is 20.9 Å². The lowest BCUT2D eigenvalue weighted by molar-refractivity contribution is -0.114. The van der Waals surface area contributed by atoms with E-state index in [1.165, 1.54) is 7.11 Å². The first-order valence-corrected chi connectivity index (χ1v) is 7.87. The van der Waals surface area contributed by atoms with Crippen molar-refractivity contribution >= 4 is 28.9 Å². The monoisotopic (exact) mass is 357 g/mol. The van der Waals surface area contributed by atoms with Gasteiger partial charge in [0.1, 0.15) is 5.75 Å². The minimum atomic E-state index is -0.188. The second kappa shape index (κ2) is 7.67. The van der Waals surface area contributed by atoms with Gasteiger partial charge in [-0.2, -0.15) is 0 Å². The minimum Gasteiger partial charge on any atom is -0.495 e. The summed E-state index contributed by atoms with van der Waals surface area (Å²) in [5, 5.41) is 14.0. The van der Waals surface area contributed by atoms with Gasteiger partial charge in [0.2, 0.25) is 5.91 Å². The van der Waals surface area contributed by atoms with Gasteiger partial charge < -0.3 is 15.4 Å². The Kier molecular flexibility index (Phi) is 5.15. The Morgan fingerprint density at radius 2 is 2.12 bits per heavy atom. The van der Waals surface area contributed by atoms with Gasteiger partial charge in [-0.1, -0.05) is 22.9 Å². The van der Waals surface area contributed by atoms with Crippen LogP contribution >= 0.6 is 11.6 Å². The van der Waals surface area contributed by atoms with Crippen LogP contribution in [0.25, 0.3) is 5.69 Å². The predicted molar refractivity (Wildman–Crippen MR) is 96.5 cm³/mol. The van der Waals surface area contributed by atoms with Crippen molar-refractivity contribution in [1.82, 2.24) is 15.0 Å². The van der Waals surface area contributed by atoms with Crippen molar-refractivity contribution in [1.29, 1.82) is 0 Å². The molecule has 1 heterocycles. The average Bonchev–Trinajstić information content (AvgIpc) is 3.15. The third-order valence-corrected chi connectivity index (χ3v) is 3.72. The first-order valence-electron chi connectivity index (χ1n) is 7.50. The second-order valence-electron chi connectivity index (χ2n) is 5.15. The molecule has 3 aromatic rings. The fraction of sp³-hybridized carbons (Fsp3) is 0.118. The number of hydrogen-bond donors (Lipinski definition) is 2. The summed E-state index contributed by atoms with van der Waals surface area (Å²) < 4.78 is 6.73. The van der Waals surface area contributed by atoms with Crippen molar-refractivity contribution < 1.29 is 9.53 Å². The number of rotatable bonds is 6. The molecule has 2 N–H and O–H groups in total. The van der Waals surface area contributed by atoms with Crippen LogP contribution in [0.2, 0.25) is 5.02 Å². The number of methoxy groups -OCH3 is 1. The van der Waals surface area contributed by atoms with E-state index in [1.807, 2.05) is 24.3 Å². The van der Waals surface area contributed by atoms with E-state index in [9.17, 15) is 4.79 Å². The zero-order chi connectivity index (χ0) is 17.6. The number of carbonyl (C=O) groups excluding carboxylic acids is 1. The number of anilines is 2. The zero-order valence-corrected chi connectivity index (χ0v) is 14.2. The Balaban J connectivity index is 1.59. The molecule has 25 heavy (non-hydrogen) atoms. The summed E-state index contributed by atoms with van der Waals surface area (Å²) >= 11 is 6.05. The van der Waals surface area contributed by atoms with E-state index >= 15 is 0 Å². The van der Waals surface area contributed by atoms with Crippen molar-refractivity contribution in [2.75, 3.05) is 24.3 Å². The molecule has 8 heteroatoms. The van der Waals surface area contributed by atoms with Crippen LogP contribution in [0, 0.1) is 0 Å². The number of halogens is 1. The highest BCUT2D eigenvalue weighted by Crippen LogP contribution is 2.27. The van der Waals surface area contributed by atoms with Gasteiger partial charge in [0, 0.05) is 11.4 Å². The van der Waals surface area contributed by atoms with E-state index in [0.29, 0.717) is 16.5 Å². The third kappa shape index (κ3) is 4.27. The molecule has 0 spiro atoms. The summed E-state index contributed by atoms with van der Waals surface area (Å²) in [5.41, 5.74) is 2.26. The number of aromatic nitrogens is 3. The van der Waals surface area contributed by atoms with Crippen LogP contribution in [0.4, 0.5) is 11.4 Å². The lowest BCUT2D eigenvalue weighted by atomic mass is 10.2. The highest BCUT2D eigenvalue weighted by Gasteiger charge is 2.06. The highest BCUT2D eigenvalue weighted by molar-refractivity contribution is 6.32. The van der Waals surface area contributed by atoms with Gasteiger partial charge in [0.25, 0.3) is 0 Å². The SMILES string of the molecule is COc1ccc(NC(=O)CNc2cccc(-n3ccnn3)c2)cc1Cl. The van der Waals surface area contributed by atoms with E-state index in [1.54, 1.807) is 35.3 Å². The number of nitrogens with zero attached hydrogens (tertiary/aromatic N) is 3. The molecule has 0 saturated heterocycles. The molecule has 0 aliphatic carbocycles. The largest absolute Gasteiger partial charge is 0.495 e. The fourth-order valence-corrected chi connectivity index (χ4v) is 2.49. The molecular formula is C17H16ClN5O2. The van der Waals surface area contributed by atoms with Gasteiger partial charge in [-0.15, -0.1) is 5.10 Å². The average molecular weight is 358 g/mol. The van der Waals surface area contributed by atoms with Gasteiger partial charge in [-0.3, -0.25) is 4.79 Å². The van der Waals surface area contributed by atoms with E-state index in [0.717, 1.165) is 11.4 Å². The van der Waals surface area contributed by atoms with Crippen molar-refractivity contribution in [3.63, 3.8) is 0 Å². The topological polar surface area (TPSA) is 81.1 Å².